The van der Waals surface area contributed by atoms with Crippen molar-refractivity contribution >= 4 is 34.1 Å². The van der Waals surface area contributed by atoms with Gasteiger partial charge in [-0.2, -0.15) is 0 Å². The summed E-state index contributed by atoms with van der Waals surface area (Å²) < 4.78 is 7.19. The third-order valence-corrected chi connectivity index (χ3v) is 8.31. The van der Waals surface area contributed by atoms with Crippen LogP contribution in [0.3, 0.4) is 0 Å². The van der Waals surface area contributed by atoms with Gasteiger partial charge in [0.05, 0.1) is 29.1 Å². The molecule has 3 aromatic rings. The molecule has 10 nitrogen and oxygen atoms in total. The second-order valence-corrected chi connectivity index (χ2v) is 10.9. The maximum atomic E-state index is 13.4. The van der Waals surface area contributed by atoms with Gasteiger partial charge in [-0.05, 0) is 49.9 Å². The summed E-state index contributed by atoms with van der Waals surface area (Å²) in [7, 11) is 0. The van der Waals surface area contributed by atoms with Crippen LogP contribution in [-0.4, -0.2) is 43.9 Å². The van der Waals surface area contributed by atoms with Gasteiger partial charge >= 0.3 is 5.97 Å². The molecule has 1 atom stereocenters. The number of anilines is 1. The lowest BCUT2D eigenvalue weighted by atomic mass is 9.77. The van der Waals surface area contributed by atoms with Gasteiger partial charge in [0.15, 0.2) is 17.3 Å². The number of unbranched alkanes of at least 4 members (excludes halogenated alkanes) is 4. The average Bonchev–Trinajstić information content (AvgIpc) is 3.33. The van der Waals surface area contributed by atoms with Crippen molar-refractivity contribution in [3.8, 4) is 17.1 Å². The zero-order chi connectivity index (χ0) is 29.3. The molecule has 0 saturated carbocycles. The minimum Gasteiger partial charge on any atom is -0.424 e. The lowest BCUT2D eigenvalue weighted by Crippen LogP contribution is -2.43. The Bertz CT molecular complexity index is 1610. The summed E-state index contributed by atoms with van der Waals surface area (Å²) >= 11 is 0. The van der Waals surface area contributed by atoms with Crippen LogP contribution in [0.2, 0.25) is 0 Å². The summed E-state index contributed by atoms with van der Waals surface area (Å²) in [6.07, 6.45) is 5.22. The SMILES string of the molecule is CC[C@@]1(O)C(=O)CCc2c1cc1n(c2=O)Cc2cc3c(N)c(OC(=O)CCCCCCCC(=O)CO)ccc3nc2-1. The largest absolute Gasteiger partial charge is 0.424 e. The summed E-state index contributed by atoms with van der Waals surface area (Å²) in [5.74, 6) is -0.561. The van der Waals surface area contributed by atoms with Crippen molar-refractivity contribution in [2.75, 3.05) is 12.3 Å². The molecule has 216 valence electrons. The highest BCUT2D eigenvalue weighted by Crippen LogP contribution is 2.40. The van der Waals surface area contributed by atoms with E-state index in [2.05, 4.69) is 0 Å². The number of fused-ring (bicyclic) bond motifs is 5. The Labute approximate surface area is 237 Å². The standard InChI is InChI=1S/C31H35N3O7/c1-2-31(40)22-15-24-29-18(16-34(24)30(39)20(22)10-13-26(31)37)14-21-23(33-29)11-12-25(28(21)32)41-27(38)9-7-5-3-4-6-8-19(36)17-35/h11-12,14-15,35,40H,2-10,13,16-17,32H2,1H3/t31-/m0/s1. The molecule has 0 amide bonds. The quantitative estimate of drug-likeness (QED) is 0.108. The predicted octanol–water partition coefficient (Wildman–Crippen LogP) is 3.32. The Balaban J connectivity index is 1.31. The zero-order valence-electron chi connectivity index (χ0n) is 23.2. The first kappa shape index (κ1) is 28.6. The number of pyridine rings is 2. The fraction of sp³-hybridized carbons (Fsp3) is 0.452. The number of esters is 1. The van der Waals surface area contributed by atoms with Crippen molar-refractivity contribution in [2.24, 2.45) is 0 Å². The molecule has 0 radical (unpaired) electrons. The van der Waals surface area contributed by atoms with E-state index >= 15 is 0 Å². The topological polar surface area (TPSA) is 162 Å². The number of nitrogens with two attached hydrogens (primary N) is 1. The first-order chi connectivity index (χ1) is 19.7. The van der Waals surface area contributed by atoms with E-state index in [-0.39, 0.29) is 60.3 Å². The van der Waals surface area contributed by atoms with Crippen LogP contribution in [0.25, 0.3) is 22.3 Å². The van der Waals surface area contributed by atoms with Gasteiger partial charge in [0.25, 0.3) is 5.56 Å². The number of nitrogens with zero attached hydrogens (tertiary/aromatic N) is 2. The molecule has 0 saturated heterocycles. The van der Waals surface area contributed by atoms with Crippen molar-refractivity contribution in [1.82, 2.24) is 9.55 Å². The van der Waals surface area contributed by atoms with Crippen molar-refractivity contribution in [1.29, 1.82) is 0 Å². The molecule has 1 aliphatic heterocycles. The molecule has 2 aromatic heterocycles. The van der Waals surface area contributed by atoms with E-state index < -0.39 is 12.2 Å². The molecule has 0 unspecified atom stereocenters. The average molecular weight is 562 g/mol. The molecule has 3 heterocycles. The molecule has 1 aromatic carbocycles. The lowest BCUT2D eigenvalue weighted by molar-refractivity contribution is -0.140. The van der Waals surface area contributed by atoms with Crippen LogP contribution < -0.4 is 16.0 Å². The maximum absolute atomic E-state index is 13.4. The molecule has 10 heteroatoms. The van der Waals surface area contributed by atoms with Crippen LogP contribution in [0.15, 0.2) is 29.1 Å². The number of benzene rings is 1. The predicted molar refractivity (Wildman–Crippen MR) is 153 cm³/mol. The van der Waals surface area contributed by atoms with Crippen LogP contribution in [-0.2, 0) is 33.0 Å². The number of ketones is 2. The highest BCUT2D eigenvalue weighted by Gasteiger charge is 2.43. The van der Waals surface area contributed by atoms with Gasteiger partial charge < -0.3 is 25.3 Å². The molecular weight excluding hydrogens is 526 g/mol. The third-order valence-electron chi connectivity index (χ3n) is 8.31. The highest BCUT2D eigenvalue weighted by molar-refractivity contribution is 5.97. The Morgan fingerprint density at radius 3 is 2.54 bits per heavy atom. The van der Waals surface area contributed by atoms with Crippen LogP contribution in [0.1, 0.15) is 81.4 Å². The van der Waals surface area contributed by atoms with Crippen molar-refractivity contribution in [3.63, 3.8) is 0 Å². The van der Waals surface area contributed by atoms with E-state index in [1.54, 1.807) is 29.7 Å². The summed E-state index contributed by atoms with van der Waals surface area (Å²) in [4.78, 5) is 54.4. The van der Waals surface area contributed by atoms with Crippen molar-refractivity contribution < 1.29 is 29.3 Å². The van der Waals surface area contributed by atoms with Gasteiger partial charge in [0.2, 0.25) is 0 Å². The Kier molecular flexibility index (Phi) is 8.06. The fourth-order valence-corrected chi connectivity index (χ4v) is 5.90. The number of hydrogen-bond donors (Lipinski definition) is 3. The van der Waals surface area contributed by atoms with Crippen molar-refractivity contribution in [2.45, 2.75) is 83.3 Å². The summed E-state index contributed by atoms with van der Waals surface area (Å²) in [6.45, 7) is 1.61. The van der Waals surface area contributed by atoms with Crippen LogP contribution in [0.4, 0.5) is 5.69 Å². The van der Waals surface area contributed by atoms with E-state index in [1.807, 2.05) is 6.07 Å². The molecule has 5 rings (SSSR count). The number of aromatic nitrogens is 2. The third kappa shape index (κ3) is 5.29. The number of hydrogen-bond acceptors (Lipinski definition) is 9. The normalized spacial score (nSPS) is 17.3. The van der Waals surface area contributed by atoms with Crippen molar-refractivity contribution in [3.05, 3.63) is 51.3 Å². The molecule has 0 bridgehead atoms. The number of carbonyl (C=O) groups is 3. The van der Waals surface area contributed by atoms with Gasteiger partial charge in [-0.1, -0.05) is 26.2 Å². The summed E-state index contributed by atoms with van der Waals surface area (Å²) in [6, 6.07) is 6.91. The second-order valence-electron chi connectivity index (χ2n) is 10.9. The number of Topliss-reactive ketones (excluding diaryl/α,β-unsaturated/α-hetero) is 2. The van der Waals surface area contributed by atoms with Crippen LogP contribution in [0.5, 0.6) is 5.75 Å². The molecule has 41 heavy (non-hydrogen) atoms. The fourth-order valence-electron chi connectivity index (χ4n) is 5.90. The monoisotopic (exact) mass is 561 g/mol. The van der Waals surface area contributed by atoms with Crippen LogP contribution >= 0.6 is 0 Å². The Morgan fingerprint density at radius 2 is 1.80 bits per heavy atom. The molecule has 0 spiro atoms. The van der Waals surface area contributed by atoms with E-state index in [1.165, 1.54) is 0 Å². The number of carbonyl (C=O) groups excluding carboxylic acids is 3. The van der Waals surface area contributed by atoms with E-state index in [9.17, 15) is 24.3 Å². The second kappa shape index (κ2) is 11.5. The van der Waals surface area contributed by atoms with Gasteiger partial charge in [-0.15, -0.1) is 0 Å². The molecule has 4 N–H and O–H groups in total. The molecular formula is C31H35N3O7. The lowest BCUT2D eigenvalue weighted by Gasteiger charge is -2.32. The number of rotatable bonds is 11. The number of nitrogen functional groups attached to an aromatic ring is 1. The maximum Gasteiger partial charge on any atom is 0.311 e. The highest BCUT2D eigenvalue weighted by atomic mass is 16.5. The number of ether oxygens (including phenoxy) is 1. The Morgan fingerprint density at radius 1 is 1.07 bits per heavy atom. The van der Waals surface area contributed by atoms with E-state index in [0.29, 0.717) is 52.7 Å². The van der Waals surface area contributed by atoms with Gasteiger partial charge in [-0.25, -0.2) is 4.98 Å². The zero-order valence-corrected chi connectivity index (χ0v) is 23.2. The smallest absolute Gasteiger partial charge is 0.311 e. The number of aliphatic hydroxyl groups is 2. The number of aliphatic hydroxyl groups excluding tert-OH is 1. The summed E-state index contributed by atoms with van der Waals surface area (Å²) in [5.41, 5.74) is 8.15. The first-order valence-corrected chi connectivity index (χ1v) is 14.3. The minimum atomic E-state index is -1.67. The first-order valence-electron chi connectivity index (χ1n) is 14.3. The van der Waals surface area contributed by atoms with Gasteiger partial charge in [-0.3, -0.25) is 19.2 Å². The summed E-state index contributed by atoms with van der Waals surface area (Å²) in [5, 5.41) is 20.5. The minimum absolute atomic E-state index is 0.132. The van der Waals surface area contributed by atoms with Gasteiger partial charge in [0, 0.05) is 41.3 Å². The molecule has 0 fully saturated rings. The van der Waals surface area contributed by atoms with Crippen LogP contribution in [0, 0.1) is 0 Å². The van der Waals surface area contributed by atoms with Gasteiger partial charge in [0.1, 0.15) is 12.2 Å². The molecule has 2 aliphatic rings. The van der Waals surface area contributed by atoms with E-state index in [4.69, 9.17) is 20.6 Å². The Hall–Kier alpha value is -3.89. The van der Waals surface area contributed by atoms with E-state index in [0.717, 1.165) is 31.2 Å². The molecule has 1 aliphatic carbocycles.